The van der Waals surface area contributed by atoms with Crippen molar-refractivity contribution in [3.05, 3.63) is 28.5 Å². The Morgan fingerprint density at radius 1 is 1.38 bits per heavy atom. The van der Waals surface area contributed by atoms with E-state index in [1.807, 2.05) is 6.92 Å². The van der Waals surface area contributed by atoms with Crippen molar-refractivity contribution >= 4 is 38.4 Å². The first-order chi connectivity index (χ1) is 9.34. The second kappa shape index (κ2) is 7.37. The van der Waals surface area contributed by atoms with Crippen molar-refractivity contribution in [2.24, 2.45) is 11.7 Å². The average molecular weight is 402 g/mol. The number of benzene rings is 1. The summed E-state index contributed by atoms with van der Waals surface area (Å²) in [6, 6.07) is 4.36. The van der Waals surface area contributed by atoms with Crippen molar-refractivity contribution in [2.75, 3.05) is 13.1 Å². The molecule has 1 aromatic rings. The monoisotopic (exact) mass is 400 g/mol. The van der Waals surface area contributed by atoms with Gasteiger partial charge in [-0.1, -0.05) is 6.07 Å². The van der Waals surface area contributed by atoms with Gasteiger partial charge in [-0.15, -0.1) is 12.4 Å². The average Bonchev–Trinajstić information content (AvgIpc) is 2.41. The van der Waals surface area contributed by atoms with Gasteiger partial charge in [-0.25, -0.2) is 12.8 Å². The standard InChI is InChI=1S/C13H18BrFN2O2S.ClH/c1-9(16)10-5-7-17(8-6-10)20(18,19)12-4-2-3-11(14)13(12)15;/h2-4,9-10H,5-8,16H2,1H3;1H. The molecule has 120 valence electrons. The lowest BCUT2D eigenvalue weighted by Gasteiger charge is -2.33. The van der Waals surface area contributed by atoms with E-state index in [1.54, 1.807) is 0 Å². The molecule has 0 aliphatic carbocycles. The van der Waals surface area contributed by atoms with Crippen LogP contribution < -0.4 is 5.73 Å². The number of sulfonamides is 1. The molecule has 1 atom stereocenters. The van der Waals surface area contributed by atoms with Gasteiger partial charge in [-0.05, 0) is 53.7 Å². The Morgan fingerprint density at radius 3 is 2.48 bits per heavy atom. The van der Waals surface area contributed by atoms with Crippen LogP contribution in [0.4, 0.5) is 4.39 Å². The predicted molar refractivity (Wildman–Crippen MR) is 86.5 cm³/mol. The molecule has 0 bridgehead atoms. The first-order valence-corrected chi connectivity index (χ1v) is 8.77. The van der Waals surface area contributed by atoms with Gasteiger partial charge >= 0.3 is 0 Å². The second-order valence-electron chi connectivity index (χ2n) is 5.15. The van der Waals surface area contributed by atoms with Crippen LogP contribution in [0.2, 0.25) is 0 Å². The van der Waals surface area contributed by atoms with E-state index in [9.17, 15) is 12.8 Å². The van der Waals surface area contributed by atoms with E-state index in [0.717, 1.165) is 0 Å². The zero-order valence-corrected chi connectivity index (χ0v) is 14.8. The van der Waals surface area contributed by atoms with Gasteiger partial charge < -0.3 is 5.73 Å². The number of rotatable bonds is 3. The summed E-state index contributed by atoms with van der Waals surface area (Å²) in [6.45, 7) is 2.71. The van der Waals surface area contributed by atoms with Crippen LogP contribution in [0.3, 0.4) is 0 Å². The number of nitrogens with zero attached hydrogens (tertiary/aromatic N) is 1. The molecule has 1 aliphatic rings. The molecule has 21 heavy (non-hydrogen) atoms. The zero-order valence-electron chi connectivity index (χ0n) is 11.6. The van der Waals surface area contributed by atoms with Gasteiger partial charge in [0.1, 0.15) is 4.90 Å². The third-order valence-corrected chi connectivity index (χ3v) is 6.30. The van der Waals surface area contributed by atoms with Crippen molar-refractivity contribution in [3.8, 4) is 0 Å². The van der Waals surface area contributed by atoms with Gasteiger partial charge in [-0.2, -0.15) is 4.31 Å². The molecule has 1 aromatic carbocycles. The fourth-order valence-corrected chi connectivity index (χ4v) is 4.52. The van der Waals surface area contributed by atoms with E-state index in [-0.39, 0.29) is 27.8 Å². The first kappa shape index (κ1) is 18.8. The van der Waals surface area contributed by atoms with Gasteiger partial charge in [-0.3, -0.25) is 0 Å². The van der Waals surface area contributed by atoms with Gasteiger partial charge in [0.05, 0.1) is 4.47 Å². The lowest BCUT2D eigenvalue weighted by Crippen LogP contribution is -2.42. The number of piperidine rings is 1. The van der Waals surface area contributed by atoms with Crippen LogP contribution in [-0.4, -0.2) is 31.9 Å². The molecule has 4 nitrogen and oxygen atoms in total. The highest BCUT2D eigenvalue weighted by atomic mass is 79.9. The Labute approximate surface area is 139 Å². The maximum Gasteiger partial charge on any atom is 0.246 e. The van der Waals surface area contributed by atoms with Crippen LogP contribution in [-0.2, 0) is 10.0 Å². The van der Waals surface area contributed by atoms with Crippen molar-refractivity contribution in [2.45, 2.75) is 30.7 Å². The molecule has 1 aliphatic heterocycles. The Morgan fingerprint density at radius 2 is 1.95 bits per heavy atom. The van der Waals surface area contributed by atoms with E-state index >= 15 is 0 Å². The molecule has 0 saturated carbocycles. The zero-order chi connectivity index (χ0) is 14.9. The fourth-order valence-electron chi connectivity index (χ4n) is 2.46. The summed E-state index contributed by atoms with van der Waals surface area (Å²) in [5, 5.41) is 0. The lowest BCUT2D eigenvalue weighted by molar-refractivity contribution is 0.250. The maximum absolute atomic E-state index is 14.0. The third-order valence-electron chi connectivity index (χ3n) is 3.78. The minimum absolute atomic E-state index is 0. The van der Waals surface area contributed by atoms with Crippen molar-refractivity contribution in [1.82, 2.24) is 4.31 Å². The van der Waals surface area contributed by atoms with Crippen molar-refractivity contribution in [1.29, 1.82) is 0 Å². The highest BCUT2D eigenvalue weighted by Crippen LogP contribution is 2.28. The van der Waals surface area contributed by atoms with E-state index in [2.05, 4.69) is 15.9 Å². The van der Waals surface area contributed by atoms with Gasteiger partial charge in [0.2, 0.25) is 10.0 Å². The SMILES string of the molecule is CC(N)C1CCN(S(=O)(=O)c2cccc(Br)c2F)CC1.Cl. The van der Waals surface area contributed by atoms with Crippen LogP contribution in [0.25, 0.3) is 0 Å². The summed E-state index contributed by atoms with van der Waals surface area (Å²) < 4.78 is 40.4. The molecule has 2 rings (SSSR count). The number of hydrogen-bond donors (Lipinski definition) is 1. The molecule has 0 aromatic heterocycles. The Hall–Kier alpha value is -0.210. The third kappa shape index (κ3) is 3.96. The molecule has 0 spiro atoms. The molecule has 0 radical (unpaired) electrons. The largest absolute Gasteiger partial charge is 0.328 e. The first-order valence-electron chi connectivity index (χ1n) is 6.53. The van der Waals surface area contributed by atoms with Crippen LogP contribution in [0.5, 0.6) is 0 Å². The Bertz CT molecular complexity index is 590. The van der Waals surface area contributed by atoms with E-state index in [0.29, 0.717) is 31.8 Å². The Kier molecular flexibility index (Phi) is 6.61. The molecule has 8 heteroatoms. The normalized spacial score (nSPS) is 19.0. The minimum atomic E-state index is -3.78. The number of nitrogens with two attached hydrogens (primary N) is 1. The van der Waals surface area contributed by atoms with Crippen molar-refractivity contribution in [3.63, 3.8) is 0 Å². The molecule has 2 N–H and O–H groups in total. The second-order valence-corrected chi connectivity index (χ2v) is 7.91. The molecule has 1 fully saturated rings. The van der Waals surface area contributed by atoms with E-state index in [1.165, 1.54) is 22.5 Å². The summed E-state index contributed by atoms with van der Waals surface area (Å²) >= 11 is 3.02. The van der Waals surface area contributed by atoms with Gasteiger partial charge in [0.25, 0.3) is 0 Å². The molecular formula is C13H19BrClFN2O2S. The predicted octanol–water partition coefficient (Wildman–Crippen LogP) is 2.76. The summed E-state index contributed by atoms with van der Waals surface area (Å²) in [5.74, 6) is -0.407. The molecular weight excluding hydrogens is 383 g/mol. The van der Waals surface area contributed by atoms with Crippen molar-refractivity contribution < 1.29 is 12.8 Å². The van der Waals surface area contributed by atoms with Crippen LogP contribution >= 0.6 is 28.3 Å². The lowest BCUT2D eigenvalue weighted by atomic mass is 9.92. The highest BCUT2D eigenvalue weighted by Gasteiger charge is 2.32. The van der Waals surface area contributed by atoms with Crippen LogP contribution in [0.1, 0.15) is 19.8 Å². The fraction of sp³-hybridized carbons (Fsp3) is 0.538. The maximum atomic E-state index is 14.0. The summed E-state index contributed by atoms with van der Waals surface area (Å²) in [6.07, 6.45) is 1.43. The van der Waals surface area contributed by atoms with Gasteiger partial charge in [0.15, 0.2) is 5.82 Å². The van der Waals surface area contributed by atoms with E-state index < -0.39 is 15.8 Å². The van der Waals surface area contributed by atoms with E-state index in [4.69, 9.17) is 5.73 Å². The summed E-state index contributed by atoms with van der Waals surface area (Å²) in [5.41, 5.74) is 5.84. The highest BCUT2D eigenvalue weighted by molar-refractivity contribution is 9.10. The van der Waals surface area contributed by atoms with Crippen LogP contribution in [0.15, 0.2) is 27.6 Å². The van der Waals surface area contributed by atoms with Crippen LogP contribution in [0, 0.1) is 11.7 Å². The molecule has 1 saturated heterocycles. The quantitative estimate of drug-likeness (QED) is 0.847. The Balaban J connectivity index is 0.00000220. The summed E-state index contributed by atoms with van der Waals surface area (Å²) in [7, 11) is -3.78. The number of halogens is 3. The topological polar surface area (TPSA) is 63.4 Å². The minimum Gasteiger partial charge on any atom is -0.328 e. The molecule has 1 unspecified atom stereocenters. The number of hydrogen-bond acceptors (Lipinski definition) is 3. The smallest absolute Gasteiger partial charge is 0.246 e. The summed E-state index contributed by atoms with van der Waals surface area (Å²) in [4.78, 5) is -0.272. The molecule has 0 amide bonds. The van der Waals surface area contributed by atoms with Gasteiger partial charge in [0, 0.05) is 19.1 Å². The molecule has 1 heterocycles.